The first-order valence-electron chi connectivity index (χ1n) is 6.16. The average molecular weight is 238 g/mol. The largest absolute Gasteiger partial charge is 0.364 e. The van der Waals surface area contributed by atoms with Gasteiger partial charge >= 0.3 is 0 Å². The standard InChI is InChI=1S/C12H19FN4/c1-3-17-6-4-5-10(7-17)16-12-11(13)9(2)14-8-15-12/h8,10H,3-7H2,1-2H3,(H,14,15,16). The summed E-state index contributed by atoms with van der Waals surface area (Å²) in [6, 6.07) is 0.285. The highest BCUT2D eigenvalue weighted by Gasteiger charge is 2.20. The molecule has 1 fully saturated rings. The number of halogens is 1. The third-order valence-corrected chi connectivity index (χ3v) is 3.26. The molecular formula is C12H19FN4. The van der Waals surface area contributed by atoms with Crippen LogP contribution in [0, 0.1) is 12.7 Å². The number of nitrogens with zero attached hydrogens (tertiary/aromatic N) is 3. The van der Waals surface area contributed by atoms with Crippen molar-refractivity contribution in [3.63, 3.8) is 0 Å². The van der Waals surface area contributed by atoms with Crippen LogP contribution in [0.4, 0.5) is 10.2 Å². The normalized spacial score (nSPS) is 21.5. The lowest BCUT2D eigenvalue weighted by atomic mass is 10.1. The third kappa shape index (κ3) is 2.91. The van der Waals surface area contributed by atoms with E-state index in [1.165, 1.54) is 6.33 Å². The van der Waals surface area contributed by atoms with Crippen molar-refractivity contribution < 1.29 is 4.39 Å². The zero-order valence-corrected chi connectivity index (χ0v) is 10.4. The van der Waals surface area contributed by atoms with Crippen LogP contribution in [0.3, 0.4) is 0 Å². The Bertz CT molecular complexity index is 383. The van der Waals surface area contributed by atoms with Gasteiger partial charge in [-0.15, -0.1) is 0 Å². The summed E-state index contributed by atoms with van der Waals surface area (Å²) < 4.78 is 13.7. The van der Waals surface area contributed by atoms with Crippen LogP contribution in [0.15, 0.2) is 6.33 Å². The minimum atomic E-state index is -0.332. The Kier molecular flexibility index (Phi) is 3.89. The molecule has 94 valence electrons. The molecule has 0 bridgehead atoms. The number of rotatable bonds is 3. The van der Waals surface area contributed by atoms with Crippen LogP contribution >= 0.6 is 0 Å². The molecule has 1 aliphatic rings. The molecule has 0 aliphatic carbocycles. The van der Waals surface area contributed by atoms with Crippen molar-refractivity contribution in [2.75, 3.05) is 25.0 Å². The maximum absolute atomic E-state index is 13.7. The van der Waals surface area contributed by atoms with Gasteiger partial charge in [-0.2, -0.15) is 0 Å². The Hall–Kier alpha value is -1.23. The molecule has 0 aromatic carbocycles. The molecular weight excluding hydrogens is 219 g/mol. The van der Waals surface area contributed by atoms with E-state index in [9.17, 15) is 4.39 Å². The third-order valence-electron chi connectivity index (χ3n) is 3.26. The second-order valence-corrected chi connectivity index (χ2v) is 4.50. The number of anilines is 1. The Morgan fingerprint density at radius 2 is 2.35 bits per heavy atom. The van der Waals surface area contributed by atoms with E-state index in [2.05, 4.69) is 27.1 Å². The van der Waals surface area contributed by atoms with Gasteiger partial charge in [-0.1, -0.05) is 6.92 Å². The highest BCUT2D eigenvalue weighted by atomic mass is 19.1. The summed E-state index contributed by atoms with van der Waals surface area (Å²) in [6.07, 6.45) is 3.62. The lowest BCUT2D eigenvalue weighted by Gasteiger charge is -2.32. The Labute approximate surface area is 101 Å². The summed E-state index contributed by atoms with van der Waals surface area (Å²) >= 11 is 0. The molecule has 1 unspecified atom stereocenters. The van der Waals surface area contributed by atoms with E-state index in [-0.39, 0.29) is 11.9 Å². The molecule has 1 saturated heterocycles. The number of aryl methyl sites for hydroxylation is 1. The Morgan fingerprint density at radius 1 is 1.53 bits per heavy atom. The topological polar surface area (TPSA) is 41.0 Å². The maximum atomic E-state index is 13.7. The first-order valence-corrected chi connectivity index (χ1v) is 6.16. The average Bonchev–Trinajstić information content (AvgIpc) is 2.35. The van der Waals surface area contributed by atoms with Crippen LogP contribution in [0.2, 0.25) is 0 Å². The van der Waals surface area contributed by atoms with E-state index < -0.39 is 0 Å². The molecule has 0 radical (unpaired) electrons. The Morgan fingerprint density at radius 3 is 3.12 bits per heavy atom. The molecule has 1 aromatic heterocycles. The van der Waals surface area contributed by atoms with Crippen molar-refractivity contribution in [1.82, 2.24) is 14.9 Å². The van der Waals surface area contributed by atoms with Crippen LogP contribution in [0.5, 0.6) is 0 Å². The second kappa shape index (κ2) is 5.40. The number of hydrogen-bond donors (Lipinski definition) is 1. The molecule has 4 nitrogen and oxygen atoms in total. The van der Waals surface area contributed by atoms with Crippen molar-refractivity contribution >= 4 is 5.82 Å². The first kappa shape index (κ1) is 12.2. The second-order valence-electron chi connectivity index (χ2n) is 4.50. The molecule has 1 N–H and O–H groups in total. The molecule has 1 aliphatic heterocycles. The van der Waals surface area contributed by atoms with Crippen molar-refractivity contribution in [3.05, 3.63) is 17.8 Å². The summed E-state index contributed by atoms with van der Waals surface area (Å²) in [5, 5.41) is 3.19. The molecule has 5 heteroatoms. The number of piperidine rings is 1. The van der Waals surface area contributed by atoms with Crippen LogP contribution in [0.1, 0.15) is 25.5 Å². The number of hydrogen-bond acceptors (Lipinski definition) is 4. The van der Waals surface area contributed by atoms with Crippen LogP contribution in [0.25, 0.3) is 0 Å². The van der Waals surface area contributed by atoms with E-state index in [4.69, 9.17) is 0 Å². The van der Waals surface area contributed by atoms with Gasteiger partial charge in [0.2, 0.25) is 0 Å². The van der Waals surface area contributed by atoms with Gasteiger partial charge in [0.1, 0.15) is 6.33 Å². The van der Waals surface area contributed by atoms with Gasteiger partial charge in [0, 0.05) is 12.6 Å². The van der Waals surface area contributed by atoms with Crippen LogP contribution in [-0.2, 0) is 0 Å². The minimum absolute atomic E-state index is 0.285. The fourth-order valence-corrected chi connectivity index (χ4v) is 2.21. The van der Waals surface area contributed by atoms with Gasteiger partial charge in [-0.3, -0.25) is 0 Å². The minimum Gasteiger partial charge on any atom is -0.364 e. The molecule has 1 aromatic rings. The monoisotopic (exact) mass is 238 g/mol. The lowest BCUT2D eigenvalue weighted by Crippen LogP contribution is -2.42. The Balaban J connectivity index is 2.02. The van der Waals surface area contributed by atoms with Gasteiger partial charge in [0.05, 0.1) is 5.69 Å². The fourth-order valence-electron chi connectivity index (χ4n) is 2.21. The van der Waals surface area contributed by atoms with Crippen LogP contribution in [-0.4, -0.2) is 40.5 Å². The number of aromatic nitrogens is 2. The molecule has 2 heterocycles. The molecule has 1 atom stereocenters. The zero-order valence-electron chi connectivity index (χ0n) is 10.4. The predicted octanol–water partition coefficient (Wildman–Crippen LogP) is 1.82. The van der Waals surface area contributed by atoms with E-state index in [0.717, 1.165) is 32.5 Å². The van der Waals surface area contributed by atoms with E-state index in [1.54, 1.807) is 6.92 Å². The van der Waals surface area contributed by atoms with Gasteiger partial charge < -0.3 is 10.2 Å². The van der Waals surface area contributed by atoms with E-state index in [1.807, 2.05) is 0 Å². The van der Waals surface area contributed by atoms with Crippen molar-refractivity contribution in [3.8, 4) is 0 Å². The number of nitrogens with one attached hydrogen (secondary N) is 1. The molecule has 0 spiro atoms. The molecule has 0 amide bonds. The number of likely N-dealkylation sites (N-methyl/N-ethyl adjacent to an activating group) is 1. The smallest absolute Gasteiger partial charge is 0.186 e. The van der Waals surface area contributed by atoms with Gasteiger partial charge in [-0.25, -0.2) is 14.4 Å². The highest BCUT2D eigenvalue weighted by Crippen LogP contribution is 2.17. The summed E-state index contributed by atoms with van der Waals surface area (Å²) in [5.41, 5.74) is 0.394. The lowest BCUT2D eigenvalue weighted by molar-refractivity contribution is 0.226. The highest BCUT2D eigenvalue weighted by molar-refractivity contribution is 5.38. The molecule has 2 rings (SSSR count). The van der Waals surface area contributed by atoms with Crippen molar-refractivity contribution in [2.24, 2.45) is 0 Å². The first-order chi connectivity index (χ1) is 8.20. The maximum Gasteiger partial charge on any atom is 0.186 e. The van der Waals surface area contributed by atoms with Crippen LogP contribution < -0.4 is 5.32 Å². The van der Waals surface area contributed by atoms with Crippen molar-refractivity contribution in [1.29, 1.82) is 0 Å². The predicted molar refractivity (Wildman–Crippen MR) is 65.5 cm³/mol. The van der Waals surface area contributed by atoms with Gasteiger partial charge in [0.25, 0.3) is 0 Å². The SMILES string of the molecule is CCN1CCCC(Nc2ncnc(C)c2F)C1. The summed E-state index contributed by atoms with van der Waals surface area (Å²) in [7, 11) is 0. The van der Waals surface area contributed by atoms with Gasteiger partial charge in [-0.05, 0) is 32.9 Å². The van der Waals surface area contributed by atoms with E-state index >= 15 is 0 Å². The summed E-state index contributed by atoms with van der Waals surface area (Å²) in [5.74, 6) is 0.00146. The summed E-state index contributed by atoms with van der Waals surface area (Å²) in [4.78, 5) is 10.2. The molecule has 17 heavy (non-hydrogen) atoms. The quantitative estimate of drug-likeness (QED) is 0.872. The van der Waals surface area contributed by atoms with Gasteiger partial charge in [0.15, 0.2) is 11.6 Å². The number of likely N-dealkylation sites (tertiary alicyclic amines) is 1. The fraction of sp³-hybridized carbons (Fsp3) is 0.667. The summed E-state index contributed by atoms with van der Waals surface area (Å²) in [6.45, 7) is 6.95. The molecule has 0 saturated carbocycles. The van der Waals surface area contributed by atoms with Crippen molar-refractivity contribution in [2.45, 2.75) is 32.7 Å². The zero-order chi connectivity index (χ0) is 12.3. The van der Waals surface area contributed by atoms with E-state index in [0.29, 0.717) is 11.5 Å².